The standard InChI is InChI=1S/C17H14Cl2N4O3/c18-10-5-6-12(11(19)7-10)21-15(24)8-20-17(26)23-9-16(25)22-13-3-1-2-4-14(13)23/h1-7H,8-9H2,(H,20,26)(H,21,24)(H,22,25). The van der Waals surface area contributed by atoms with Crippen LogP contribution in [0.4, 0.5) is 21.9 Å². The summed E-state index contributed by atoms with van der Waals surface area (Å²) in [7, 11) is 0. The minimum Gasteiger partial charge on any atom is -0.329 e. The molecule has 134 valence electrons. The van der Waals surface area contributed by atoms with Gasteiger partial charge in [0, 0.05) is 5.02 Å². The molecule has 0 atom stereocenters. The van der Waals surface area contributed by atoms with Gasteiger partial charge < -0.3 is 16.0 Å². The van der Waals surface area contributed by atoms with E-state index in [1.165, 1.54) is 11.0 Å². The molecule has 0 spiro atoms. The fraction of sp³-hybridized carbons (Fsp3) is 0.118. The molecule has 0 unspecified atom stereocenters. The maximum atomic E-state index is 12.4. The average Bonchev–Trinajstić information content (AvgIpc) is 2.61. The minimum absolute atomic E-state index is 0.131. The van der Waals surface area contributed by atoms with E-state index in [4.69, 9.17) is 23.2 Å². The number of halogens is 2. The minimum atomic E-state index is -0.551. The van der Waals surface area contributed by atoms with Crippen LogP contribution in [-0.2, 0) is 9.59 Å². The summed E-state index contributed by atoms with van der Waals surface area (Å²) in [6.07, 6.45) is 0. The molecule has 4 amide bonds. The summed E-state index contributed by atoms with van der Waals surface area (Å²) in [6.45, 7) is -0.411. The van der Waals surface area contributed by atoms with Gasteiger partial charge in [-0.2, -0.15) is 0 Å². The Morgan fingerprint density at radius 1 is 1.15 bits per heavy atom. The Kier molecular flexibility index (Phi) is 5.29. The van der Waals surface area contributed by atoms with E-state index >= 15 is 0 Å². The molecule has 0 aromatic heterocycles. The van der Waals surface area contributed by atoms with Crippen LogP contribution in [0.15, 0.2) is 42.5 Å². The summed E-state index contributed by atoms with van der Waals surface area (Å²) in [4.78, 5) is 37.4. The zero-order valence-electron chi connectivity index (χ0n) is 13.4. The van der Waals surface area contributed by atoms with Crippen molar-refractivity contribution in [1.82, 2.24) is 5.32 Å². The van der Waals surface area contributed by atoms with Gasteiger partial charge in [-0.05, 0) is 30.3 Å². The Morgan fingerprint density at radius 2 is 1.92 bits per heavy atom. The summed E-state index contributed by atoms with van der Waals surface area (Å²) < 4.78 is 0. The van der Waals surface area contributed by atoms with Crippen molar-refractivity contribution in [1.29, 1.82) is 0 Å². The van der Waals surface area contributed by atoms with E-state index in [1.807, 2.05) is 0 Å². The van der Waals surface area contributed by atoms with Gasteiger partial charge in [0.25, 0.3) is 0 Å². The van der Waals surface area contributed by atoms with Crippen molar-refractivity contribution < 1.29 is 14.4 Å². The van der Waals surface area contributed by atoms with Crippen molar-refractivity contribution in [2.45, 2.75) is 0 Å². The highest BCUT2D eigenvalue weighted by atomic mass is 35.5. The topological polar surface area (TPSA) is 90.5 Å². The fourth-order valence-corrected chi connectivity index (χ4v) is 2.91. The molecular formula is C17H14Cl2N4O3. The zero-order valence-corrected chi connectivity index (χ0v) is 14.9. The maximum Gasteiger partial charge on any atom is 0.322 e. The molecule has 1 aliphatic heterocycles. The van der Waals surface area contributed by atoms with Crippen LogP contribution in [0.25, 0.3) is 0 Å². The van der Waals surface area contributed by atoms with Crippen LogP contribution in [0.5, 0.6) is 0 Å². The highest BCUT2D eigenvalue weighted by Crippen LogP contribution is 2.28. The third kappa shape index (κ3) is 4.07. The number of benzene rings is 2. The number of urea groups is 1. The smallest absolute Gasteiger partial charge is 0.322 e. The fourth-order valence-electron chi connectivity index (χ4n) is 2.45. The van der Waals surface area contributed by atoms with Gasteiger partial charge in [0.2, 0.25) is 11.8 Å². The molecule has 0 saturated carbocycles. The first-order chi connectivity index (χ1) is 12.4. The van der Waals surface area contributed by atoms with Crippen LogP contribution < -0.4 is 20.9 Å². The Bertz CT molecular complexity index is 888. The number of hydrogen-bond donors (Lipinski definition) is 3. The first kappa shape index (κ1) is 18.0. The van der Waals surface area contributed by atoms with Crippen LogP contribution >= 0.6 is 23.2 Å². The number of amides is 4. The largest absolute Gasteiger partial charge is 0.329 e. The van der Waals surface area contributed by atoms with Gasteiger partial charge in [-0.1, -0.05) is 35.3 Å². The molecule has 0 saturated heterocycles. The number of fused-ring (bicyclic) bond motifs is 1. The van der Waals surface area contributed by atoms with Gasteiger partial charge in [-0.3, -0.25) is 14.5 Å². The normalized spacial score (nSPS) is 12.8. The summed E-state index contributed by atoms with van der Waals surface area (Å²) in [5.74, 6) is -0.770. The van der Waals surface area contributed by atoms with Crippen LogP contribution in [0.2, 0.25) is 10.0 Å². The number of carbonyl (C=O) groups excluding carboxylic acids is 3. The van der Waals surface area contributed by atoms with E-state index in [-0.39, 0.29) is 19.0 Å². The van der Waals surface area contributed by atoms with Crippen molar-refractivity contribution in [3.05, 3.63) is 52.5 Å². The molecule has 0 fully saturated rings. The van der Waals surface area contributed by atoms with Crippen LogP contribution in [-0.4, -0.2) is 30.9 Å². The molecule has 0 bridgehead atoms. The van der Waals surface area contributed by atoms with Crippen molar-refractivity contribution in [2.75, 3.05) is 28.6 Å². The molecule has 1 heterocycles. The van der Waals surface area contributed by atoms with Gasteiger partial charge >= 0.3 is 6.03 Å². The van der Waals surface area contributed by atoms with Crippen molar-refractivity contribution in [2.24, 2.45) is 0 Å². The van der Waals surface area contributed by atoms with Gasteiger partial charge in [0.05, 0.1) is 28.6 Å². The highest BCUT2D eigenvalue weighted by Gasteiger charge is 2.26. The summed E-state index contributed by atoms with van der Waals surface area (Å²) in [5, 5.41) is 8.50. The second-order valence-corrected chi connectivity index (χ2v) is 6.33. The van der Waals surface area contributed by atoms with Crippen molar-refractivity contribution in [3.8, 4) is 0 Å². The zero-order chi connectivity index (χ0) is 18.7. The molecule has 0 radical (unpaired) electrons. The average molecular weight is 393 g/mol. The monoisotopic (exact) mass is 392 g/mol. The molecular weight excluding hydrogens is 379 g/mol. The van der Waals surface area contributed by atoms with Gasteiger partial charge in [-0.25, -0.2) is 4.79 Å². The molecule has 2 aromatic rings. The Balaban J connectivity index is 1.62. The third-order valence-corrected chi connectivity index (χ3v) is 4.17. The predicted octanol–water partition coefficient (Wildman–Crippen LogP) is 3.10. The lowest BCUT2D eigenvalue weighted by Gasteiger charge is -2.29. The van der Waals surface area contributed by atoms with E-state index in [0.717, 1.165) is 0 Å². The van der Waals surface area contributed by atoms with Crippen LogP contribution in [0.1, 0.15) is 0 Å². The second-order valence-electron chi connectivity index (χ2n) is 5.48. The third-order valence-electron chi connectivity index (χ3n) is 3.62. The maximum absolute atomic E-state index is 12.4. The Labute approximate surface area is 159 Å². The summed E-state index contributed by atoms with van der Waals surface area (Å²) >= 11 is 11.8. The first-order valence-corrected chi connectivity index (χ1v) is 8.39. The molecule has 0 aliphatic carbocycles. The van der Waals surface area contributed by atoms with E-state index in [9.17, 15) is 14.4 Å². The SMILES string of the molecule is O=C(CNC(=O)N1CC(=O)Nc2ccccc21)Nc1ccc(Cl)cc1Cl. The second kappa shape index (κ2) is 7.63. The lowest BCUT2D eigenvalue weighted by Crippen LogP contribution is -2.48. The Morgan fingerprint density at radius 3 is 2.69 bits per heavy atom. The van der Waals surface area contributed by atoms with E-state index in [1.54, 1.807) is 36.4 Å². The van der Waals surface area contributed by atoms with Crippen LogP contribution in [0.3, 0.4) is 0 Å². The molecule has 1 aliphatic rings. The number of nitrogens with zero attached hydrogens (tertiary/aromatic N) is 1. The van der Waals surface area contributed by atoms with E-state index < -0.39 is 11.9 Å². The number of rotatable bonds is 3. The summed E-state index contributed by atoms with van der Waals surface area (Å²) in [5.41, 5.74) is 1.49. The van der Waals surface area contributed by atoms with Gasteiger partial charge in [0.1, 0.15) is 6.54 Å². The molecule has 26 heavy (non-hydrogen) atoms. The van der Waals surface area contributed by atoms with E-state index in [0.29, 0.717) is 27.1 Å². The van der Waals surface area contributed by atoms with Crippen molar-refractivity contribution >= 4 is 58.1 Å². The lowest BCUT2D eigenvalue weighted by atomic mass is 10.2. The molecule has 3 N–H and O–H groups in total. The number of carbonyl (C=O) groups is 3. The quantitative estimate of drug-likeness (QED) is 0.749. The molecule has 2 aromatic carbocycles. The number of anilines is 3. The van der Waals surface area contributed by atoms with Gasteiger partial charge in [0.15, 0.2) is 0 Å². The molecule has 9 heteroatoms. The molecule has 7 nitrogen and oxygen atoms in total. The van der Waals surface area contributed by atoms with Crippen LogP contribution in [0, 0.1) is 0 Å². The number of nitrogens with one attached hydrogen (secondary N) is 3. The lowest BCUT2D eigenvalue weighted by molar-refractivity contribution is -0.115. The highest BCUT2D eigenvalue weighted by molar-refractivity contribution is 6.36. The summed E-state index contributed by atoms with van der Waals surface area (Å²) in [6, 6.07) is 11.0. The first-order valence-electron chi connectivity index (χ1n) is 7.63. The van der Waals surface area contributed by atoms with E-state index in [2.05, 4.69) is 16.0 Å². The van der Waals surface area contributed by atoms with Gasteiger partial charge in [-0.15, -0.1) is 0 Å². The predicted molar refractivity (Wildman–Crippen MR) is 101 cm³/mol. The number of para-hydroxylation sites is 2. The molecule has 3 rings (SSSR count). The Hall–Kier alpha value is -2.77. The van der Waals surface area contributed by atoms with Crippen molar-refractivity contribution in [3.63, 3.8) is 0 Å². The number of hydrogen-bond acceptors (Lipinski definition) is 3.